The fraction of sp³-hybridized carbons (Fsp3) is 0.143. The molecule has 3 rings (SSSR count). The first-order valence-corrected chi connectivity index (χ1v) is 8.48. The van der Waals surface area contributed by atoms with Crippen molar-refractivity contribution in [2.24, 2.45) is 7.05 Å². The van der Waals surface area contributed by atoms with Crippen molar-refractivity contribution < 1.29 is 9.18 Å². The Kier molecular flexibility index (Phi) is 4.49. The number of carbonyl (C=O) groups excluding carboxylic acids is 1. The predicted octanol–water partition coefficient (Wildman–Crippen LogP) is 2.70. The van der Waals surface area contributed by atoms with Crippen LogP contribution in [0.1, 0.15) is 15.4 Å². The van der Waals surface area contributed by atoms with E-state index in [4.69, 9.17) is 5.73 Å². The Bertz CT molecular complexity index is 907. The highest BCUT2D eigenvalue weighted by molar-refractivity contribution is 7.99. The van der Waals surface area contributed by atoms with E-state index < -0.39 is 11.7 Å². The summed E-state index contributed by atoms with van der Waals surface area (Å²) in [6.45, 7) is 1.84. The quantitative estimate of drug-likeness (QED) is 0.691. The molecule has 1 amide bonds. The molecule has 7 nitrogen and oxygen atoms in total. The molecule has 0 saturated carbocycles. The van der Waals surface area contributed by atoms with Crippen molar-refractivity contribution in [2.45, 2.75) is 17.0 Å². The molecule has 124 valence electrons. The van der Waals surface area contributed by atoms with Crippen LogP contribution in [0.5, 0.6) is 0 Å². The summed E-state index contributed by atoms with van der Waals surface area (Å²) in [5.41, 5.74) is 6.02. The van der Waals surface area contributed by atoms with Gasteiger partial charge in [0.25, 0.3) is 5.91 Å². The second-order valence-corrected chi connectivity index (χ2v) is 6.97. The molecule has 0 aliphatic carbocycles. The van der Waals surface area contributed by atoms with E-state index in [0.717, 1.165) is 22.8 Å². The Hall–Kier alpha value is -2.46. The zero-order valence-corrected chi connectivity index (χ0v) is 14.4. The van der Waals surface area contributed by atoms with Crippen LogP contribution in [-0.2, 0) is 7.05 Å². The summed E-state index contributed by atoms with van der Waals surface area (Å²) >= 11 is 2.48. The summed E-state index contributed by atoms with van der Waals surface area (Å²) in [6, 6.07) is 2.53. The molecule has 2 aromatic heterocycles. The van der Waals surface area contributed by atoms with Crippen molar-refractivity contribution in [2.75, 3.05) is 11.1 Å². The molecule has 10 heteroatoms. The first kappa shape index (κ1) is 16.4. The molecule has 0 unspecified atom stereocenters. The molecule has 0 atom stereocenters. The number of hydrogen-bond donors (Lipinski definition) is 2. The lowest BCUT2D eigenvalue weighted by atomic mass is 10.1. The van der Waals surface area contributed by atoms with Crippen LogP contribution < -0.4 is 11.1 Å². The van der Waals surface area contributed by atoms with Gasteiger partial charge < -0.3 is 15.6 Å². The molecular weight excluding hydrogens is 351 g/mol. The van der Waals surface area contributed by atoms with Crippen molar-refractivity contribution in [1.82, 2.24) is 19.7 Å². The van der Waals surface area contributed by atoms with Gasteiger partial charge in [0.1, 0.15) is 18.0 Å². The van der Waals surface area contributed by atoms with Crippen LogP contribution >= 0.6 is 23.1 Å². The van der Waals surface area contributed by atoms with E-state index in [0.29, 0.717) is 11.0 Å². The number of aryl methyl sites for hydroxylation is 2. The SMILES string of the molecule is Cc1nc(NC(=O)c2cc(Sc3nncn3C)c(F)cc2N)cs1. The lowest BCUT2D eigenvalue weighted by Crippen LogP contribution is -2.15. The van der Waals surface area contributed by atoms with E-state index in [-0.39, 0.29) is 16.1 Å². The van der Waals surface area contributed by atoms with Gasteiger partial charge in [-0.05, 0) is 30.8 Å². The number of nitrogen functional groups attached to an aromatic ring is 1. The first-order valence-electron chi connectivity index (χ1n) is 6.78. The van der Waals surface area contributed by atoms with Gasteiger partial charge in [0, 0.05) is 18.1 Å². The third kappa shape index (κ3) is 3.39. The van der Waals surface area contributed by atoms with Gasteiger partial charge in [-0.2, -0.15) is 0 Å². The predicted molar refractivity (Wildman–Crippen MR) is 90.7 cm³/mol. The van der Waals surface area contributed by atoms with Crippen molar-refractivity contribution in [1.29, 1.82) is 0 Å². The average molecular weight is 364 g/mol. The van der Waals surface area contributed by atoms with Crippen molar-refractivity contribution in [3.8, 4) is 0 Å². The number of hydrogen-bond acceptors (Lipinski definition) is 7. The second-order valence-electron chi connectivity index (χ2n) is 4.90. The number of anilines is 2. The highest BCUT2D eigenvalue weighted by Gasteiger charge is 2.17. The van der Waals surface area contributed by atoms with E-state index in [1.807, 2.05) is 6.92 Å². The molecule has 1 aromatic carbocycles. The number of carbonyl (C=O) groups is 1. The minimum atomic E-state index is -0.526. The minimum Gasteiger partial charge on any atom is -0.398 e. The molecule has 0 saturated heterocycles. The molecule has 0 bridgehead atoms. The van der Waals surface area contributed by atoms with E-state index in [1.165, 1.54) is 23.7 Å². The first-order chi connectivity index (χ1) is 11.4. The number of benzene rings is 1. The van der Waals surface area contributed by atoms with Gasteiger partial charge in [0.15, 0.2) is 5.16 Å². The third-order valence-corrected chi connectivity index (χ3v) is 4.94. The van der Waals surface area contributed by atoms with Crippen LogP contribution in [0.15, 0.2) is 33.9 Å². The highest BCUT2D eigenvalue weighted by Crippen LogP contribution is 2.31. The number of nitrogens with zero attached hydrogens (tertiary/aromatic N) is 4. The van der Waals surface area contributed by atoms with Gasteiger partial charge in [-0.25, -0.2) is 9.37 Å². The summed E-state index contributed by atoms with van der Waals surface area (Å²) in [7, 11) is 1.75. The molecule has 0 radical (unpaired) electrons. The molecule has 2 heterocycles. The minimum absolute atomic E-state index is 0.0549. The second kappa shape index (κ2) is 6.57. The Morgan fingerprint density at radius 3 is 2.88 bits per heavy atom. The number of halogens is 1. The summed E-state index contributed by atoms with van der Waals surface area (Å²) in [5.74, 6) is -0.534. The van der Waals surface area contributed by atoms with Crippen LogP contribution in [0.25, 0.3) is 0 Å². The van der Waals surface area contributed by atoms with Gasteiger partial charge in [-0.1, -0.05) is 0 Å². The van der Waals surface area contributed by atoms with Crippen molar-refractivity contribution in [3.63, 3.8) is 0 Å². The normalized spacial score (nSPS) is 10.8. The van der Waals surface area contributed by atoms with Crippen molar-refractivity contribution in [3.05, 3.63) is 40.2 Å². The number of amides is 1. The summed E-state index contributed by atoms with van der Waals surface area (Å²) < 4.78 is 15.8. The molecular formula is C14H13FN6OS2. The molecule has 0 spiro atoms. The lowest BCUT2D eigenvalue weighted by molar-refractivity contribution is 0.102. The summed E-state index contributed by atoms with van der Waals surface area (Å²) in [4.78, 5) is 16.8. The third-order valence-electron chi connectivity index (χ3n) is 3.08. The number of nitrogens with two attached hydrogens (primary N) is 1. The van der Waals surface area contributed by atoms with Crippen LogP contribution in [0, 0.1) is 12.7 Å². The van der Waals surface area contributed by atoms with E-state index >= 15 is 0 Å². The zero-order chi connectivity index (χ0) is 17.3. The molecule has 0 fully saturated rings. The zero-order valence-electron chi connectivity index (χ0n) is 12.8. The maximum Gasteiger partial charge on any atom is 0.258 e. The average Bonchev–Trinajstić information content (AvgIpc) is 3.10. The van der Waals surface area contributed by atoms with Gasteiger partial charge in [0.2, 0.25) is 0 Å². The number of aromatic nitrogens is 4. The Morgan fingerprint density at radius 2 is 2.25 bits per heavy atom. The fourth-order valence-electron chi connectivity index (χ4n) is 1.91. The van der Waals surface area contributed by atoms with Crippen LogP contribution in [0.2, 0.25) is 0 Å². The smallest absolute Gasteiger partial charge is 0.258 e. The Morgan fingerprint density at radius 1 is 1.46 bits per heavy atom. The topological polar surface area (TPSA) is 98.7 Å². The van der Waals surface area contributed by atoms with Gasteiger partial charge in [0.05, 0.1) is 15.5 Å². The van der Waals surface area contributed by atoms with E-state index in [2.05, 4.69) is 20.5 Å². The van der Waals surface area contributed by atoms with Crippen molar-refractivity contribution >= 4 is 40.5 Å². The van der Waals surface area contributed by atoms with Gasteiger partial charge in [-0.15, -0.1) is 21.5 Å². The molecule has 3 N–H and O–H groups in total. The standard InChI is InChI=1S/C14H13FN6OS2/c1-7-18-12(5-23-7)19-13(22)8-3-11(9(15)4-10(8)16)24-14-20-17-6-21(14)2/h3-6H,16H2,1-2H3,(H,19,22). The number of rotatable bonds is 4. The lowest BCUT2D eigenvalue weighted by Gasteiger charge is -2.09. The van der Waals surface area contributed by atoms with Crippen LogP contribution in [-0.4, -0.2) is 25.7 Å². The van der Waals surface area contributed by atoms with Crippen LogP contribution in [0.4, 0.5) is 15.9 Å². The number of thiazole rings is 1. The monoisotopic (exact) mass is 364 g/mol. The molecule has 0 aliphatic heterocycles. The van der Waals surface area contributed by atoms with E-state index in [9.17, 15) is 9.18 Å². The van der Waals surface area contributed by atoms with Gasteiger partial charge >= 0.3 is 0 Å². The molecule has 3 aromatic rings. The number of nitrogens with one attached hydrogen (secondary N) is 1. The largest absolute Gasteiger partial charge is 0.398 e. The van der Waals surface area contributed by atoms with E-state index in [1.54, 1.807) is 17.0 Å². The Balaban J connectivity index is 1.89. The Labute approximate surface area is 145 Å². The summed E-state index contributed by atoms with van der Waals surface area (Å²) in [6.07, 6.45) is 1.51. The summed E-state index contributed by atoms with van der Waals surface area (Å²) in [5, 5.41) is 13.3. The maximum absolute atomic E-state index is 14.1. The maximum atomic E-state index is 14.1. The molecule has 0 aliphatic rings. The highest BCUT2D eigenvalue weighted by atomic mass is 32.2. The van der Waals surface area contributed by atoms with Crippen LogP contribution in [0.3, 0.4) is 0 Å². The van der Waals surface area contributed by atoms with Gasteiger partial charge in [-0.3, -0.25) is 4.79 Å². The fourth-order valence-corrected chi connectivity index (χ4v) is 3.27. The molecule has 24 heavy (non-hydrogen) atoms.